The smallest absolute Gasteiger partial charge is 0.433 e. The maximum atomic E-state index is 14.6. The highest BCUT2D eigenvalue weighted by molar-refractivity contribution is 7.92. The monoisotopic (exact) mass is 566 g/mol. The molecule has 3 aromatic rings. The summed E-state index contributed by atoms with van der Waals surface area (Å²) in [4.78, 5) is 14.4. The third-order valence-corrected chi connectivity index (χ3v) is 6.62. The first-order valence-electron chi connectivity index (χ1n) is 9.88. The van der Waals surface area contributed by atoms with Crippen molar-refractivity contribution in [3.63, 3.8) is 0 Å². The summed E-state index contributed by atoms with van der Waals surface area (Å²) in [6.07, 6.45) is -4.24. The minimum Gasteiger partial charge on any atom is -0.494 e. The molecule has 8 nitrogen and oxygen atoms in total. The Morgan fingerprint density at radius 2 is 1.76 bits per heavy atom. The number of esters is 1. The van der Waals surface area contributed by atoms with Gasteiger partial charge in [0.2, 0.25) is 0 Å². The Labute approximate surface area is 211 Å². The number of pyridine rings is 1. The highest BCUT2D eigenvalue weighted by Crippen LogP contribution is 2.37. The molecule has 0 radical (unpaired) electrons. The number of methoxy groups -OCH3 is 2. The van der Waals surface area contributed by atoms with Gasteiger partial charge < -0.3 is 14.6 Å². The predicted octanol–water partition coefficient (Wildman–Crippen LogP) is 4.79. The van der Waals surface area contributed by atoms with Crippen LogP contribution in [0.4, 0.5) is 27.6 Å². The maximum absolute atomic E-state index is 14.6. The number of aliphatic hydroxyl groups excluding tert-OH is 1. The van der Waals surface area contributed by atoms with Crippen LogP contribution >= 0.6 is 11.6 Å². The molecule has 15 heteroatoms. The Hall–Kier alpha value is -3.49. The number of nitrogens with zero attached hydrogens (tertiary/aromatic N) is 1. The second kappa shape index (κ2) is 10.5. The molecule has 0 aliphatic rings. The lowest BCUT2D eigenvalue weighted by molar-refractivity contribution is -0.141. The van der Waals surface area contributed by atoms with Crippen LogP contribution in [0.5, 0.6) is 5.75 Å². The van der Waals surface area contributed by atoms with E-state index in [4.69, 9.17) is 16.3 Å². The van der Waals surface area contributed by atoms with Crippen LogP contribution in [0.25, 0.3) is 11.1 Å². The Bertz CT molecular complexity index is 1480. The molecule has 0 fully saturated rings. The molecule has 0 saturated carbocycles. The van der Waals surface area contributed by atoms with Gasteiger partial charge in [-0.05, 0) is 29.8 Å². The van der Waals surface area contributed by atoms with E-state index in [1.165, 1.54) is 0 Å². The summed E-state index contributed by atoms with van der Waals surface area (Å²) in [5.74, 6) is -4.00. The molecule has 0 atom stereocenters. The van der Waals surface area contributed by atoms with Gasteiger partial charge in [-0.2, -0.15) is 13.2 Å². The van der Waals surface area contributed by atoms with Gasteiger partial charge in [0.1, 0.15) is 22.2 Å². The maximum Gasteiger partial charge on any atom is 0.433 e. The molecule has 0 spiro atoms. The molecule has 2 aromatic carbocycles. The fourth-order valence-corrected chi connectivity index (χ4v) is 4.89. The molecule has 37 heavy (non-hydrogen) atoms. The van der Waals surface area contributed by atoms with Gasteiger partial charge in [0, 0.05) is 23.4 Å². The van der Waals surface area contributed by atoms with Crippen LogP contribution < -0.4 is 9.46 Å². The molecule has 0 saturated heterocycles. The lowest BCUT2D eigenvalue weighted by atomic mass is 10.00. The summed E-state index contributed by atoms with van der Waals surface area (Å²) in [7, 11) is -2.64. The number of alkyl halides is 3. The zero-order chi connectivity index (χ0) is 27.7. The van der Waals surface area contributed by atoms with Crippen molar-refractivity contribution < 1.29 is 49.7 Å². The standard InChI is InChI=1S/C22H16ClF5N2O6S/c1-35-20-14(23)3-10(21(32)36-2)4-18(20)37(33,34)30-17-6-12(15(24)7-16(17)25)13-8-29-19(22(26,27)28)5-11(13)9-31/h3-8,30-31H,9H2,1-2H3. The van der Waals surface area contributed by atoms with Gasteiger partial charge >= 0.3 is 12.1 Å². The lowest BCUT2D eigenvalue weighted by Crippen LogP contribution is -2.17. The number of nitrogens with one attached hydrogen (secondary N) is 1. The normalized spacial score (nSPS) is 11.8. The first-order chi connectivity index (χ1) is 17.2. The number of ether oxygens (including phenoxy) is 2. The van der Waals surface area contributed by atoms with Crippen molar-refractivity contribution in [1.82, 2.24) is 4.98 Å². The Morgan fingerprint density at radius 1 is 1.08 bits per heavy atom. The summed E-state index contributed by atoms with van der Waals surface area (Å²) in [6.45, 7) is -0.963. The van der Waals surface area contributed by atoms with E-state index < -0.39 is 73.6 Å². The molecule has 0 amide bonds. The van der Waals surface area contributed by atoms with Crippen LogP contribution in [0.2, 0.25) is 5.02 Å². The molecule has 0 bridgehead atoms. The Balaban J connectivity index is 2.14. The zero-order valence-corrected chi connectivity index (χ0v) is 20.4. The largest absolute Gasteiger partial charge is 0.494 e. The van der Waals surface area contributed by atoms with Crippen molar-refractivity contribution in [3.05, 3.63) is 70.0 Å². The fraction of sp³-hybridized carbons (Fsp3) is 0.182. The van der Waals surface area contributed by atoms with Crippen LogP contribution in [0.1, 0.15) is 21.6 Å². The van der Waals surface area contributed by atoms with Crippen molar-refractivity contribution >= 4 is 33.3 Å². The number of rotatable bonds is 7. The van der Waals surface area contributed by atoms with Crippen LogP contribution in [0.3, 0.4) is 0 Å². The van der Waals surface area contributed by atoms with Gasteiger partial charge in [-0.1, -0.05) is 11.6 Å². The zero-order valence-electron chi connectivity index (χ0n) is 18.8. The summed E-state index contributed by atoms with van der Waals surface area (Å²) in [6, 6.07) is 3.37. The first-order valence-corrected chi connectivity index (χ1v) is 11.7. The molecule has 0 unspecified atom stereocenters. The lowest BCUT2D eigenvalue weighted by Gasteiger charge is -2.16. The average molecular weight is 567 g/mol. The van der Waals surface area contributed by atoms with E-state index in [-0.39, 0.29) is 16.1 Å². The summed E-state index contributed by atoms with van der Waals surface area (Å²) >= 11 is 6.02. The van der Waals surface area contributed by atoms with Gasteiger partial charge in [-0.15, -0.1) is 0 Å². The molecule has 1 aromatic heterocycles. The minimum atomic E-state index is -4.86. The number of hydrogen-bond acceptors (Lipinski definition) is 7. The number of aromatic nitrogens is 1. The second-order valence-corrected chi connectivity index (χ2v) is 9.34. The number of carbonyl (C=O) groups is 1. The molecular formula is C22H16ClF5N2O6S. The van der Waals surface area contributed by atoms with Gasteiger partial charge in [0.15, 0.2) is 5.75 Å². The van der Waals surface area contributed by atoms with E-state index in [0.29, 0.717) is 24.4 Å². The number of anilines is 1. The highest BCUT2D eigenvalue weighted by Gasteiger charge is 2.33. The van der Waals surface area contributed by atoms with E-state index in [9.17, 15) is 40.3 Å². The van der Waals surface area contributed by atoms with Gasteiger partial charge in [0.25, 0.3) is 10.0 Å². The Kier molecular flexibility index (Phi) is 7.95. The number of hydrogen-bond donors (Lipinski definition) is 2. The van der Waals surface area contributed by atoms with E-state index in [1.54, 1.807) is 0 Å². The molecule has 198 valence electrons. The van der Waals surface area contributed by atoms with E-state index in [2.05, 4.69) is 9.72 Å². The summed E-state index contributed by atoms with van der Waals surface area (Å²) < 4.78 is 106. The molecule has 1 heterocycles. The van der Waals surface area contributed by atoms with Crippen molar-refractivity contribution in [1.29, 1.82) is 0 Å². The topological polar surface area (TPSA) is 115 Å². The fourth-order valence-electron chi connectivity index (χ4n) is 3.26. The molecule has 0 aliphatic heterocycles. The third-order valence-electron chi connectivity index (χ3n) is 4.97. The van der Waals surface area contributed by atoms with Crippen LogP contribution in [0, 0.1) is 11.6 Å². The van der Waals surface area contributed by atoms with Crippen molar-refractivity contribution in [2.45, 2.75) is 17.7 Å². The second-order valence-electron chi connectivity index (χ2n) is 7.28. The molecule has 3 rings (SSSR count). The SMILES string of the molecule is COC(=O)c1cc(Cl)c(OC)c(S(=O)(=O)Nc2cc(-c3cnc(C(F)(F)F)cc3CO)c(F)cc2F)c1. The summed E-state index contributed by atoms with van der Waals surface area (Å²) in [5.41, 5.74) is -3.77. The molecule has 2 N–H and O–H groups in total. The van der Waals surface area contributed by atoms with Gasteiger partial charge in [-0.25, -0.2) is 22.0 Å². The number of aliphatic hydroxyl groups is 1. The van der Waals surface area contributed by atoms with Crippen LogP contribution in [-0.2, 0) is 27.5 Å². The van der Waals surface area contributed by atoms with Crippen molar-refractivity contribution in [2.75, 3.05) is 18.9 Å². The van der Waals surface area contributed by atoms with E-state index >= 15 is 0 Å². The average Bonchev–Trinajstić information content (AvgIpc) is 2.83. The van der Waals surface area contributed by atoms with E-state index in [1.807, 2.05) is 4.72 Å². The quantitative estimate of drug-likeness (QED) is 0.312. The van der Waals surface area contributed by atoms with Gasteiger partial charge in [-0.3, -0.25) is 9.71 Å². The van der Waals surface area contributed by atoms with Crippen molar-refractivity contribution in [2.24, 2.45) is 0 Å². The Morgan fingerprint density at radius 3 is 2.32 bits per heavy atom. The first kappa shape index (κ1) is 28.1. The highest BCUT2D eigenvalue weighted by atomic mass is 35.5. The van der Waals surface area contributed by atoms with Crippen LogP contribution in [-0.4, -0.2) is 38.7 Å². The molecule has 0 aliphatic carbocycles. The van der Waals surface area contributed by atoms with Gasteiger partial charge in [0.05, 0.1) is 37.1 Å². The number of halogens is 6. The summed E-state index contributed by atoms with van der Waals surface area (Å²) in [5, 5.41) is 9.23. The number of benzene rings is 2. The minimum absolute atomic E-state index is 0.280. The third kappa shape index (κ3) is 5.76. The predicted molar refractivity (Wildman–Crippen MR) is 121 cm³/mol. The van der Waals surface area contributed by atoms with Crippen molar-refractivity contribution in [3.8, 4) is 16.9 Å². The van der Waals surface area contributed by atoms with Crippen LogP contribution in [0.15, 0.2) is 41.4 Å². The van der Waals surface area contributed by atoms with E-state index in [0.717, 1.165) is 26.4 Å². The molecular weight excluding hydrogens is 551 g/mol. The number of sulfonamides is 1. The number of carbonyl (C=O) groups excluding carboxylic acids is 1.